The first kappa shape index (κ1) is 17.2. The lowest BCUT2D eigenvalue weighted by Crippen LogP contribution is -2.40. The van der Waals surface area contributed by atoms with Gasteiger partial charge < -0.3 is 10.0 Å². The Labute approximate surface area is 148 Å². The van der Waals surface area contributed by atoms with Gasteiger partial charge in [-0.1, -0.05) is 42.5 Å². The van der Waals surface area contributed by atoms with Crippen LogP contribution in [0.4, 0.5) is 0 Å². The van der Waals surface area contributed by atoms with Gasteiger partial charge in [0.1, 0.15) is 0 Å². The Bertz CT molecular complexity index is 725. The maximum atomic E-state index is 12.7. The summed E-state index contributed by atoms with van der Waals surface area (Å²) in [6.07, 6.45) is 2.77. The number of carboxylic acid groups (broad SMARTS) is 1. The van der Waals surface area contributed by atoms with E-state index < -0.39 is 5.97 Å². The number of likely N-dealkylation sites (tertiary alicyclic amines) is 1. The van der Waals surface area contributed by atoms with Crippen LogP contribution in [0.15, 0.2) is 54.6 Å². The molecule has 1 fully saturated rings. The minimum absolute atomic E-state index is 0.0413. The number of hydrogen-bond acceptors (Lipinski definition) is 2. The van der Waals surface area contributed by atoms with E-state index in [1.807, 2.05) is 47.4 Å². The van der Waals surface area contributed by atoms with Crippen molar-refractivity contribution < 1.29 is 14.7 Å². The summed E-state index contributed by atoms with van der Waals surface area (Å²) >= 11 is 0. The Kier molecular flexibility index (Phi) is 5.49. The fourth-order valence-electron chi connectivity index (χ4n) is 3.43. The molecule has 1 amide bonds. The monoisotopic (exact) mass is 337 g/mol. The van der Waals surface area contributed by atoms with Crippen LogP contribution >= 0.6 is 0 Å². The van der Waals surface area contributed by atoms with E-state index in [1.54, 1.807) is 0 Å². The van der Waals surface area contributed by atoms with Gasteiger partial charge in [-0.2, -0.15) is 0 Å². The van der Waals surface area contributed by atoms with Gasteiger partial charge in [0, 0.05) is 25.1 Å². The molecule has 1 N–H and O–H groups in total. The Balaban J connectivity index is 1.65. The van der Waals surface area contributed by atoms with Gasteiger partial charge in [-0.15, -0.1) is 0 Å². The quantitative estimate of drug-likeness (QED) is 0.895. The van der Waals surface area contributed by atoms with Crippen molar-refractivity contribution in [3.8, 4) is 11.1 Å². The number of carbonyl (C=O) groups is 2. The van der Waals surface area contributed by atoms with Crippen LogP contribution in [0.5, 0.6) is 0 Å². The molecule has 4 heteroatoms. The third kappa shape index (κ3) is 4.47. The lowest BCUT2D eigenvalue weighted by atomic mass is 9.93. The van der Waals surface area contributed by atoms with Crippen LogP contribution in [0.1, 0.15) is 36.0 Å². The SMILES string of the molecule is O=C(O)CCC1CCCN(C(=O)c2ccc(-c3ccccc3)cc2)C1. The number of benzene rings is 2. The van der Waals surface area contributed by atoms with Gasteiger partial charge in [0.15, 0.2) is 0 Å². The number of amides is 1. The summed E-state index contributed by atoms with van der Waals surface area (Å²) in [7, 11) is 0. The van der Waals surface area contributed by atoms with E-state index in [4.69, 9.17) is 5.11 Å². The highest BCUT2D eigenvalue weighted by Gasteiger charge is 2.24. The maximum Gasteiger partial charge on any atom is 0.303 e. The highest BCUT2D eigenvalue weighted by atomic mass is 16.4. The molecule has 130 valence electrons. The first-order chi connectivity index (χ1) is 12.1. The predicted molar refractivity (Wildman–Crippen MR) is 97.4 cm³/mol. The van der Waals surface area contributed by atoms with Crippen molar-refractivity contribution in [2.75, 3.05) is 13.1 Å². The van der Waals surface area contributed by atoms with Crippen LogP contribution < -0.4 is 0 Å². The molecule has 25 heavy (non-hydrogen) atoms. The first-order valence-corrected chi connectivity index (χ1v) is 8.80. The molecule has 1 unspecified atom stereocenters. The first-order valence-electron chi connectivity index (χ1n) is 8.80. The third-order valence-corrected chi connectivity index (χ3v) is 4.81. The number of nitrogens with zero attached hydrogens (tertiary/aromatic N) is 1. The fourth-order valence-corrected chi connectivity index (χ4v) is 3.43. The van der Waals surface area contributed by atoms with E-state index in [-0.39, 0.29) is 18.2 Å². The molecule has 1 aliphatic heterocycles. The summed E-state index contributed by atoms with van der Waals surface area (Å²) < 4.78 is 0. The van der Waals surface area contributed by atoms with Crippen LogP contribution in [0.25, 0.3) is 11.1 Å². The number of hydrogen-bond donors (Lipinski definition) is 1. The van der Waals surface area contributed by atoms with E-state index in [2.05, 4.69) is 12.1 Å². The Morgan fingerprint density at radius 1 is 1.00 bits per heavy atom. The average molecular weight is 337 g/mol. The van der Waals surface area contributed by atoms with Crippen molar-refractivity contribution in [2.24, 2.45) is 5.92 Å². The molecule has 4 nitrogen and oxygen atoms in total. The molecule has 0 spiro atoms. The number of piperidine rings is 1. The summed E-state index contributed by atoms with van der Waals surface area (Å²) in [6, 6.07) is 17.8. The fraction of sp³-hybridized carbons (Fsp3) is 0.333. The smallest absolute Gasteiger partial charge is 0.303 e. The lowest BCUT2D eigenvalue weighted by molar-refractivity contribution is -0.137. The molecule has 2 aromatic rings. The van der Waals surface area contributed by atoms with Crippen molar-refractivity contribution in [3.05, 3.63) is 60.2 Å². The largest absolute Gasteiger partial charge is 0.481 e. The molecule has 0 aliphatic carbocycles. The van der Waals surface area contributed by atoms with Crippen molar-refractivity contribution in [2.45, 2.75) is 25.7 Å². The Hall–Kier alpha value is -2.62. The average Bonchev–Trinajstić information content (AvgIpc) is 2.67. The number of aliphatic carboxylic acids is 1. The standard InChI is InChI=1S/C21H23NO3/c23-20(24)13-8-16-5-4-14-22(15-16)21(25)19-11-9-18(10-12-19)17-6-2-1-3-7-17/h1-3,6-7,9-12,16H,4-5,8,13-15H2,(H,23,24). The second-order valence-electron chi connectivity index (χ2n) is 6.64. The second kappa shape index (κ2) is 7.97. The van der Waals surface area contributed by atoms with Gasteiger partial charge in [-0.25, -0.2) is 0 Å². The lowest BCUT2D eigenvalue weighted by Gasteiger charge is -2.32. The van der Waals surface area contributed by atoms with Gasteiger partial charge in [0.2, 0.25) is 0 Å². The number of carbonyl (C=O) groups excluding carboxylic acids is 1. The normalized spacial score (nSPS) is 17.3. The summed E-state index contributed by atoms with van der Waals surface area (Å²) in [5, 5.41) is 8.84. The second-order valence-corrected chi connectivity index (χ2v) is 6.64. The summed E-state index contributed by atoms with van der Waals surface area (Å²) in [5.74, 6) is -0.433. The zero-order valence-electron chi connectivity index (χ0n) is 14.2. The van der Waals surface area contributed by atoms with Crippen molar-refractivity contribution in [1.29, 1.82) is 0 Å². The summed E-state index contributed by atoms with van der Waals surface area (Å²) in [5.41, 5.74) is 2.92. The molecule has 3 rings (SSSR count). The molecule has 1 atom stereocenters. The molecule has 0 aromatic heterocycles. The van der Waals surface area contributed by atoms with E-state index in [0.717, 1.165) is 30.5 Å². The zero-order chi connectivity index (χ0) is 17.6. The minimum atomic E-state index is -0.764. The molecular weight excluding hydrogens is 314 g/mol. The molecule has 0 radical (unpaired) electrons. The third-order valence-electron chi connectivity index (χ3n) is 4.81. The molecular formula is C21H23NO3. The molecule has 1 aliphatic rings. The molecule has 2 aromatic carbocycles. The minimum Gasteiger partial charge on any atom is -0.481 e. The van der Waals surface area contributed by atoms with Gasteiger partial charge in [-0.05, 0) is 48.4 Å². The van der Waals surface area contributed by atoms with Crippen LogP contribution in [0.3, 0.4) is 0 Å². The van der Waals surface area contributed by atoms with Gasteiger partial charge in [-0.3, -0.25) is 9.59 Å². The van der Waals surface area contributed by atoms with E-state index in [0.29, 0.717) is 18.5 Å². The summed E-state index contributed by atoms with van der Waals surface area (Å²) in [4.78, 5) is 25.4. The molecule has 1 saturated heterocycles. The highest BCUT2D eigenvalue weighted by molar-refractivity contribution is 5.94. The zero-order valence-corrected chi connectivity index (χ0v) is 14.2. The predicted octanol–water partition coefficient (Wildman–Crippen LogP) is 4.07. The van der Waals surface area contributed by atoms with Crippen molar-refractivity contribution >= 4 is 11.9 Å². The number of carboxylic acids is 1. The van der Waals surface area contributed by atoms with Crippen LogP contribution in [-0.2, 0) is 4.79 Å². The van der Waals surface area contributed by atoms with Crippen LogP contribution in [-0.4, -0.2) is 35.0 Å². The highest BCUT2D eigenvalue weighted by Crippen LogP contribution is 2.24. The molecule has 0 saturated carbocycles. The Morgan fingerprint density at radius 2 is 1.68 bits per heavy atom. The van der Waals surface area contributed by atoms with Crippen molar-refractivity contribution in [1.82, 2.24) is 4.90 Å². The summed E-state index contributed by atoms with van der Waals surface area (Å²) in [6.45, 7) is 1.41. The number of rotatable bonds is 5. The van der Waals surface area contributed by atoms with Crippen LogP contribution in [0.2, 0.25) is 0 Å². The van der Waals surface area contributed by atoms with Crippen LogP contribution in [0, 0.1) is 5.92 Å². The van der Waals surface area contributed by atoms with E-state index in [1.165, 1.54) is 0 Å². The topological polar surface area (TPSA) is 57.6 Å². The van der Waals surface area contributed by atoms with E-state index >= 15 is 0 Å². The van der Waals surface area contributed by atoms with Gasteiger partial charge in [0.05, 0.1) is 0 Å². The van der Waals surface area contributed by atoms with Gasteiger partial charge in [0.25, 0.3) is 5.91 Å². The van der Waals surface area contributed by atoms with E-state index in [9.17, 15) is 9.59 Å². The molecule has 1 heterocycles. The van der Waals surface area contributed by atoms with Gasteiger partial charge >= 0.3 is 5.97 Å². The van der Waals surface area contributed by atoms with Crippen molar-refractivity contribution in [3.63, 3.8) is 0 Å². The Morgan fingerprint density at radius 3 is 2.36 bits per heavy atom. The maximum absolute atomic E-state index is 12.7. The molecule has 0 bridgehead atoms.